The third-order valence-electron chi connectivity index (χ3n) is 3.65. The fraction of sp³-hybridized carbons (Fsp3) is 0.0625. The van der Waals surface area contributed by atoms with Crippen molar-refractivity contribution in [1.82, 2.24) is 24.7 Å². The van der Waals surface area contributed by atoms with E-state index >= 15 is 0 Å². The van der Waals surface area contributed by atoms with Crippen LogP contribution in [-0.2, 0) is 0 Å². The van der Waals surface area contributed by atoms with Crippen molar-refractivity contribution in [1.29, 1.82) is 5.26 Å². The van der Waals surface area contributed by atoms with Gasteiger partial charge in [-0.3, -0.25) is 4.57 Å². The number of nitrogens with zero attached hydrogens (tertiary/aromatic N) is 6. The van der Waals surface area contributed by atoms with Crippen molar-refractivity contribution < 1.29 is 0 Å². The zero-order valence-corrected chi connectivity index (χ0v) is 13.4. The number of nitriles is 1. The van der Waals surface area contributed by atoms with Crippen molar-refractivity contribution >= 4 is 28.1 Å². The summed E-state index contributed by atoms with van der Waals surface area (Å²) in [6.45, 7) is 0. The highest BCUT2D eigenvalue weighted by atomic mass is 32.1. The van der Waals surface area contributed by atoms with Gasteiger partial charge in [0.1, 0.15) is 23.0 Å². The molecule has 4 rings (SSSR count). The number of fused-ring (bicyclic) bond motifs is 1. The van der Waals surface area contributed by atoms with Crippen LogP contribution >= 0.6 is 11.3 Å². The quantitative estimate of drug-likeness (QED) is 0.620. The summed E-state index contributed by atoms with van der Waals surface area (Å²) in [4.78, 5) is 8.91. The molecule has 0 saturated carbocycles. The number of rotatable bonds is 3. The lowest BCUT2D eigenvalue weighted by Crippen LogP contribution is -2.01. The molecular formula is C16H11N7S. The molecule has 0 unspecified atom stereocenters. The SMILES string of the molecule is CNc1cc(-n2ccc3cc(C#N)cnc32)ncc1-c1nncs1. The molecule has 24 heavy (non-hydrogen) atoms. The molecule has 0 aliphatic heterocycles. The number of hydrogen-bond acceptors (Lipinski definition) is 7. The van der Waals surface area contributed by atoms with Gasteiger partial charge in [0.15, 0.2) is 5.01 Å². The molecule has 0 bridgehead atoms. The fourth-order valence-electron chi connectivity index (χ4n) is 2.51. The average Bonchev–Trinajstić information content (AvgIpc) is 3.30. The minimum Gasteiger partial charge on any atom is -0.387 e. The zero-order valence-electron chi connectivity index (χ0n) is 12.6. The van der Waals surface area contributed by atoms with Crippen LogP contribution in [0.2, 0.25) is 0 Å². The predicted molar refractivity (Wildman–Crippen MR) is 92.0 cm³/mol. The minimum atomic E-state index is 0.538. The summed E-state index contributed by atoms with van der Waals surface area (Å²) in [5.74, 6) is 0.736. The number of nitrogens with one attached hydrogen (secondary N) is 1. The van der Waals surface area contributed by atoms with Crippen molar-refractivity contribution in [3.05, 3.63) is 47.9 Å². The lowest BCUT2D eigenvalue weighted by molar-refractivity contribution is 1.02. The molecule has 4 heterocycles. The van der Waals surface area contributed by atoms with Gasteiger partial charge in [-0.25, -0.2) is 9.97 Å². The molecule has 0 amide bonds. The molecule has 4 aromatic heterocycles. The summed E-state index contributed by atoms with van der Waals surface area (Å²) < 4.78 is 1.89. The van der Waals surface area contributed by atoms with Crippen molar-refractivity contribution in [2.45, 2.75) is 0 Å². The van der Waals surface area contributed by atoms with Crippen LogP contribution in [0.5, 0.6) is 0 Å². The lowest BCUT2D eigenvalue weighted by Gasteiger charge is -2.10. The summed E-state index contributed by atoms with van der Waals surface area (Å²) in [6.07, 6.45) is 5.23. The second-order valence-electron chi connectivity index (χ2n) is 5.02. The van der Waals surface area contributed by atoms with Crippen LogP contribution in [0.1, 0.15) is 5.56 Å². The van der Waals surface area contributed by atoms with Crippen LogP contribution in [0.25, 0.3) is 27.4 Å². The fourth-order valence-corrected chi connectivity index (χ4v) is 3.09. The molecule has 0 fully saturated rings. The standard InChI is InChI=1S/C16H11N7S/c1-18-13-5-14(19-8-12(13)16-22-21-9-24-16)23-3-2-11-4-10(6-17)7-20-15(11)23/h2-5,7-9H,1H3,(H,18,19). The molecule has 4 aromatic rings. The van der Waals surface area contributed by atoms with Gasteiger partial charge < -0.3 is 5.32 Å². The highest BCUT2D eigenvalue weighted by Gasteiger charge is 2.12. The maximum Gasteiger partial charge on any atom is 0.151 e. The van der Waals surface area contributed by atoms with E-state index in [0.29, 0.717) is 5.56 Å². The third-order valence-corrected chi connectivity index (χ3v) is 4.38. The summed E-state index contributed by atoms with van der Waals surface area (Å²) in [7, 11) is 1.86. The highest BCUT2D eigenvalue weighted by Crippen LogP contribution is 2.30. The topological polar surface area (TPSA) is 92.3 Å². The van der Waals surface area contributed by atoms with Crippen molar-refractivity contribution in [3.8, 4) is 22.5 Å². The molecule has 7 nitrogen and oxygen atoms in total. The smallest absolute Gasteiger partial charge is 0.151 e. The first kappa shape index (κ1) is 14.3. The average molecular weight is 333 g/mol. The van der Waals surface area contributed by atoms with Gasteiger partial charge in [0.25, 0.3) is 0 Å². The van der Waals surface area contributed by atoms with Gasteiger partial charge in [-0.05, 0) is 12.1 Å². The number of hydrogen-bond donors (Lipinski definition) is 1. The van der Waals surface area contributed by atoms with E-state index in [1.54, 1.807) is 17.9 Å². The molecule has 0 aliphatic rings. The van der Waals surface area contributed by atoms with E-state index in [9.17, 15) is 0 Å². The largest absolute Gasteiger partial charge is 0.387 e. The van der Waals surface area contributed by atoms with Gasteiger partial charge in [0.2, 0.25) is 0 Å². The predicted octanol–water partition coefficient (Wildman–Crippen LogP) is 2.85. The second-order valence-corrected chi connectivity index (χ2v) is 5.85. The minimum absolute atomic E-state index is 0.538. The van der Waals surface area contributed by atoms with E-state index < -0.39 is 0 Å². The number of aromatic nitrogens is 5. The Balaban J connectivity index is 1.84. The number of pyridine rings is 2. The molecule has 0 aromatic carbocycles. The first-order valence-corrected chi connectivity index (χ1v) is 8.00. The Bertz CT molecular complexity index is 1060. The van der Waals surface area contributed by atoms with Gasteiger partial charge in [-0.2, -0.15) is 5.26 Å². The van der Waals surface area contributed by atoms with Crippen LogP contribution in [0, 0.1) is 11.3 Å². The number of anilines is 1. The summed E-state index contributed by atoms with van der Waals surface area (Å²) in [5.41, 5.74) is 4.80. The highest BCUT2D eigenvalue weighted by molar-refractivity contribution is 7.12. The van der Waals surface area contributed by atoms with Gasteiger partial charge >= 0.3 is 0 Å². The van der Waals surface area contributed by atoms with Crippen molar-refractivity contribution in [2.75, 3.05) is 12.4 Å². The van der Waals surface area contributed by atoms with E-state index in [4.69, 9.17) is 5.26 Å². The van der Waals surface area contributed by atoms with Crippen LogP contribution in [0.15, 0.2) is 42.3 Å². The third kappa shape index (κ3) is 2.28. The summed E-state index contributed by atoms with van der Waals surface area (Å²) >= 11 is 1.46. The monoisotopic (exact) mass is 333 g/mol. The van der Waals surface area contributed by atoms with Gasteiger partial charge in [-0.1, -0.05) is 11.3 Å². The Hall–Kier alpha value is -3.31. The van der Waals surface area contributed by atoms with Gasteiger partial charge in [0.05, 0.1) is 11.1 Å². The molecule has 0 saturated heterocycles. The Morgan fingerprint density at radius 2 is 2.17 bits per heavy atom. The second kappa shape index (κ2) is 5.72. The molecule has 0 spiro atoms. The Kier molecular flexibility index (Phi) is 3.40. The molecule has 116 valence electrons. The maximum atomic E-state index is 8.98. The van der Waals surface area contributed by atoms with E-state index in [-0.39, 0.29) is 0 Å². The first-order valence-electron chi connectivity index (χ1n) is 7.12. The molecule has 0 atom stereocenters. The Labute approximate surface area is 141 Å². The van der Waals surface area contributed by atoms with Crippen molar-refractivity contribution in [2.24, 2.45) is 0 Å². The van der Waals surface area contributed by atoms with Crippen LogP contribution < -0.4 is 5.32 Å². The molecule has 0 aliphatic carbocycles. The normalized spacial score (nSPS) is 10.7. The van der Waals surface area contributed by atoms with Crippen molar-refractivity contribution in [3.63, 3.8) is 0 Å². The summed E-state index contributed by atoms with van der Waals surface area (Å²) in [5, 5.41) is 21.8. The van der Waals surface area contributed by atoms with E-state index in [0.717, 1.165) is 33.1 Å². The van der Waals surface area contributed by atoms with E-state index in [2.05, 4.69) is 31.6 Å². The molecule has 0 radical (unpaired) electrons. The van der Waals surface area contributed by atoms with Gasteiger partial charge in [0, 0.05) is 42.8 Å². The van der Waals surface area contributed by atoms with E-state index in [1.807, 2.05) is 36.0 Å². The lowest BCUT2D eigenvalue weighted by atomic mass is 10.2. The van der Waals surface area contributed by atoms with Gasteiger partial charge in [-0.15, -0.1) is 10.2 Å². The van der Waals surface area contributed by atoms with Crippen LogP contribution in [-0.4, -0.2) is 31.8 Å². The maximum absolute atomic E-state index is 8.98. The molecule has 1 N–H and O–H groups in total. The Morgan fingerprint density at radius 3 is 2.92 bits per heavy atom. The zero-order chi connectivity index (χ0) is 16.5. The molecular weight excluding hydrogens is 322 g/mol. The molecule has 8 heteroatoms. The summed E-state index contributed by atoms with van der Waals surface area (Å²) in [6, 6.07) is 7.77. The first-order chi connectivity index (χ1) is 11.8. The van der Waals surface area contributed by atoms with E-state index in [1.165, 1.54) is 11.3 Å². The Morgan fingerprint density at radius 1 is 1.25 bits per heavy atom. The van der Waals surface area contributed by atoms with Crippen LogP contribution in [0.3, 0.4) is 0 Å². The van der Waals surface area contributed by atoms with Crippen LogP contribution in [0.4, 0.5) is 5.69 Å².